The molecule has 1 aromatic heterocycles. The Kier molecular flexibility index (Phi) is 7.14. The van der Waals surface area contributed by atoms with Gasteiger partial charge in [0.1, 0.15) is 0 Å². The quantitative estimate of drug-likeness (QED) is 0.646. The van der Waals surface area contributed by atoms with Crippen LogP contribution < -0.4 is 19.5 Å². The van der Waals surface area contributed by atoms with Crippen LogP contribution in [0, 0.1) is 0 Å². The van der Waals surface area contributed by atoms with Crippen molar-refractivity contribution in [3.8, 4) is 17.2 Å². The molecule has 134 valence electrons. The van der Waals surface area contributed by atoms with Crippen molar-refractivity contribution in [2.75, 3.05) is 26.6 Å². The maximum absolute atomic E-state index is 5.39. The third-order valence-corrected chi connectivity index (χ3v) is 3.75. The number of benzene rings is 1. The molecule has 2 rings (SSSR count). The molecule has 0 fully saturated rings. The number of anilines is 2. The van der Waals surface area contributed by atoms with Crippen molar-refractivity contribution in [1.29, 1.82) is 0 Å². The zero-order valence-corrected chi connectivity index (χ0v) is 15.3. The molecule has 5 nitrogen and oxygen atoms in total. The average molecular weight is 342 g/mol. The Morgan fingerprint density at radius 3 is 2.28 bits per heavy atom. The summed E-state index contributed by atoms with van der Waals surface area (Å²) in [6.45, 7) is 2.19. The number of nitrogens with zero attached hydrogens (tertiary/aromatic N) is 1. The number of hydrogen-bond donors (Lipinski definition) is 1. The van der Waals surface area contributed by atoms with Crippen molar-refractivity contribution < 1.29 is 14.2 Å². The lowest BCUT2D eigenvalue weighted by Gasteiger charge is -2.15. The van der Waals surface area contributed by atoms with E-state index in [9.17, 15) is 0 Å². The SMILES string of the molecule is CCCC/C=C/c1cncc(Nc2cc(OC)c(OC)c(OC)c2)c1. The average Bonchev–Trinajstić information content (AvgIpc) is 2.64. The van der Waals surface area contributed by atoms with Crippen LogP contribution >= 0.6 is 0 Å². The first-order valence-corrected chi connectivity index (χ1v) is 8.40. The number of hydrogen-bond acceptors (Lipinski definition) is 5. The first-order valence-electron chi connectivity index (χ1n) is 8.40. The number of pyridine rings is 1. The minimum absolute atomic E-state index is 0.571. The lowest BCUT2D eigenvalue weighted by molar-refractivity contribution is 0.324. The van der Waals surface area contributed by atoms with E-state index in [1.54, 1.807) is 27.5 Å². The summed E-state index contributed by atoms with van der Waals surface area (Å²) >= 11 is 0. The van der Waals surface area contributed by atoms with Crippen LogP contribution in [0.15, 0.2) is 36.7 Å². The van der Waals surface area contributed by atoms with E-state index in [1.165, 1.54) is 12.8 Å². The predicted octanol–water partition coefficient (Wildman–Crippen LogP) is 5.05. The molecule has 1 N–H and O–H groups in total. The number of methoxy groups -OCH3 is 3. The molecule has 0 bridgehead atoms. The molecule has 0 amide bonds. The highest BCUT2D eigenvalue weighted by Gasteiger charge is 2.13. The monoisotopic (exact) mass is 342 g/mol. The Labute approximate surface area is 149 Å². The second-order valence-corrected chi connectivity index (χ2v) is 5.59. The van der Waals surface area contributed by atoms with Crippen LogP contribution in [0.5, 0.6) is 17.2 Å². The number of unbranched alkanes of at least 4 members (excludes halogenated alkanes) is 2. The summed E-state index contributed by atoms with van der Waals surface area (Å²) in [6, 6.07) is 5.79. The van der Waals surface area contributed by atoms with Gasteiger partial charge >= 0.3 is 0 Å². The third kappa shape index (κ3) is 5.14. The molecule has 0 atom stereocenters. The zero-order chi connectivity index (χ0) is 18.1. The van der Waals surface area contributed by atoms with Gasteiger partial charge < -0.3 is 19.5 Å². The normalized spacial score (nSPS) is 10.7. The van der Waals surface area contributed by atoms with Crippen LogP contribution in [0.1, 0.15) is 31.7 Å². The van der Waals surface area contributed by atoms with Gasteiger partial charge in [0, 0.05) is 24.0 Å². The van der Waals surface area contributed by atoms with Crippen LogP contribution in [0.3, 0.4) is 0 Å². The Balaban J connectivity index is 2.20. The minimum atomic E-state index is 0.571. The fourth-order valence-electron chi connectivity index (χ4n) is 2.48. The van der Waals surface area contributed by atoms with E-state index in [0.29, 0.717) is 17.2 Å². The smallest absolute Gasteiger partial charge is 0.203 e. The Morgan fingerprint density at radius 2 is 1.68 bits per heavy atom. The number of rotatable bonds is 9. The van der Waals surface area contributed by atoms with Crippen LogP contribution in [-0.4, -0.2) is 26.3 Å². The molecule has 0 unspecified atom stereocenters. The maximum Gasteiger partial charge on any atom is 0.203 e. The second kappa shape index (κ2) is 9.57. The molecule has 0 saturated carbocycles. The van der Waals surface area contributed by atoms with Gasteiger partial charge in [-0.2, -0.15) is 0 Å². The first-order chi connectivity index (χ1) is 12.2. The topological polar surface area (TPSA) is 52.6 Å². The lowest BCUT2D eigenvalue weighted by Crippen LogP contribution is -1.98. The van der Waals surface area contributed by atoms with Crippen molar-refractivity contribution in [3.05, 3.63) is 42.2 Å². The molecule has 1 aromatic carbocycles. The summed E-state index contributed by atoms with van der Waals surface area (Å²) in [7, 11) is 4.79. The van der Waals surface area contributed by atoms with E-state index >= 15 is 0 Å². The van der Waals surface area contributed by atoms with Crippen LogP contribution in [0.4, 0.5) is 11.4 Å². The molecule has 2 aromatic rings. The summed E-state index contributed by atoms with van der Waals surface area (Å²) in [4.78, 5) is 4.30. The standard InChI is InChI=1S/C20H26N2O3/c1-5-6-7-8-9-15-10-17(14-21-13-15)22-16-11-18(23-2)20(25-4)19(12-16)24-3/h8-14,22H,5-7H2,1-4H3/b9-8+. The number of allylic oxidation sites excluding steroid dienone is 1. The van der Waals surface area contributed by atoms with E-state index in [1.807, 2.05) is 18.3 Å². The first kappa shape index (κ1) is 18.6. The number of aromatic nitrogens is 1. The summed E-state index contributed by atoms with van der Waals surface area (Å²) in [5.74, 6) is 1.78. The van der Waals surface area contributed by atoms with Crippen molar-refractivity contribution >= 4 is 17.5 Å². The fourth-order valence-corrected chi connectivity index (χ4v) is 2.48. The van der Waals surface area contributed by atoms with Crippen molar-refractivity contribution in [3.63, 3.8) is 0 Å². The third-order valence-electron chi connectivity index (χ3n) is 3.75. The zero-order valence-electron chi connectivity index (χ0n) is 15.3. The molecule has 0 saturated heterocycles. The molecule has 5 heteroatoms. The molecule has 0 radical (unpaired) electrons. The largest absolute Gasteiger partial charge is 0.493 e. The summed E-state index contributed by atoms with van der Waals surface area (Å²) < 4.78 is 16.1. The molecular formula is C20H26N2O3. The van der Waals surface area contributed by atoms with Gasteiger partial charge in [-0.15, -0.1) is 0 Å². The fraction of sp³-hybridized carbons (Fsp3) is 0.350. The van der Waals surface area contributed by atoms with Gasteiger partial charge in [0.15, 0.2) is 11.5 Å². The predicted molar refractivity (Wildman–Crippen MR) is 102 cm³/mol. The van der Waals surface area contributed by atoms with Gasteiger partial charge in [0.2, 0.25) is 5.75 Å². The van der Waals surface area contributed by atoms with Gasteiger partial charge in [-0.25, -0.2) is 0 Å². The Morgan fingerprint density at radius 1 is 0.960 bits per heavy atom. The number of ether oxygens (including phenoxy) is 3. The van der Waals surface area contributed by atoms with E-state index in [4.69, 9.17) is 14.2 Å². The molecule has 25 heavy (non-hydrogen) atoms. The molecular weight excluding hydrogens is 316 g/mol. The van der Waals surface area contributed by atoms with Gasteiger partial charge in [-0.3, -0.25) is 4.98 Å². The Bertz CT molecular complexity index is 689. The maximum atomic E-state index is 5.39. The highest BCUT2D eigenvalue weighted by Crippen LogP contribution is 2.40. The van der Waals surface area contributed by atoms with E-state index in [0.717, 1.165) is 23.4 Å². The van der Waals surface area contributed by atoms with E-state index in [-0.39, 0.29) is 0 Å². The van der Waals surface area contributed by atoms with Crippen LogP contribution in [-0.2, 0) is 0 Å². The highest BCUT2D eigenvalue weighted by atomic mass is 16.5. The van der Waals surface area contributed by atoms with Crippen molar-refractivity contribution in [2.45, 2.75) is 26.2 Å². The summed E-state index contributed by atoms with van der Waals surface area (Å²) in [5, 5.41) is 3.33. The molecule has 0 aliphatic carbocycles. The highest BCUT2D eigenvalue weighted by molar-refractivity contribution is 5.69. The van der Waals surface area contributed by atoms with Gasteiger partial charge in [0.05, 0.1) is 33.2 Å². The van der Waals surface area contributed by atoms with Gasteiger partial charge in [0.25, 0.3) is 0 Å². The summed E-state index contributed by atoms with van der Waals surface area (Å²) in [5.41, 5.74) is 2.80. The van der Waals surface area contributed by atoms with Gasteiger partial charge in [-0.05, 0) is 18.1 Å². The van der Waals surface area contributed by atoms with E-state index < -0.39 is 0 Å². The summed E-state index contributed by atoms with van der Waals surface area (Å²) in [6.07, 6.45) is 11.4. The molecule has 1 heterocycles. The van der Waals surface area contributed by atoms with Crippen LogP contribution in [0.25, 0.3) is 6.08 Å². The van der Waals surface area contributed by atoms with Crippen LogP contribution in [0.2, 0.25) is 0 Å². The van der Waals surface area contributed by atoms with Gasteiger partial charge in [-0.1, -0.05) is 31.9 Å². The Hall–Kier alpha value is -2.69. The molecule has 0 aliphatic rings. The van der Waals surface area contributed by atoms with E-state index in [2.05, 4.69) is 35.4 Å². The molecule has 0 aliphatic heterocycles. The molecule has 0 spiro atoms. The van der Waals surface area contributed by atoms with Crippen molar-refractivity contribution in [2.24, 2.45) is 0 Å². The second-order valence-electron chi connectivity index (χ2n) is 5.59. The number of nitrogens with one attached hydrogen (secondary N) is 1. The lowest BCUT2D eigenvalue weighted by atomic mass is 10.2. The van der Waals surface area contributed by atoms with Crippen molar-refractivity contribution in [1.82, 2.24) is 4.98 Å². The minimum Gasteiger partial charge on any atom is -0.493 e.